The first-order valence-electron chi connectivity index (χ1n) is 6.88. The molecular formula is C15H21N3O2. The Hall–Kier alpha value is -1.88. The molecule has 0 saturated carbocycles. The van der Waals surface area contributed by atoms with Crippen LogP contribution in [0.25, 0.3) is 11.0 Å². The molecule has 1 aromatic heterocycles. The Bertz CT molecular complexity index is 621. The lowest BCUT2D eigenvalue weighted by molar-refractivity contribution is -0.144. The number of para-hydroxylation sites is 2. The van der Waals surface area contributed by atoms with Crippen molar-refractivity contribution in [1.29, 1.82) is 0 Å². The molecule has 0 saturated heterocycles. The van der Waals surface area contributed by atoms with Crippen LogP contribution in [0.4, 0.5) is 0 Å². The minimum Gasteiger partial charge on any atom is -0.480 e. The van der Waals surface area contributed by atoms with Gasteiger partial charge in [0.05, 0.1) is 11.0 Å². The van der Waals surface area contributed by atoms with Crippen molar-refractivity contribution in [3.63, 3.8) is 0 Å². The van der Waals surface area contributed by atoms with Crippen molar-refractivity contribution in [2.45, 2.75) is 38.8 Å². The minimum atomic E-state index is -0.920. The summed E-state index contributed by atoms with van der Waals surface area (Å²) < 4.78 is 2.12. The molecule has 0 amide bonds. The highest BCUT2D eigenvalue weighted by Crippen LogP contribution is 2.19. The second kappa shape index (κ2) is 5.63. The van der Waals surface area contributed by atoms with Gasteiger partial charge in [-0.15, -0.1) is 0 Å². The number of aromatic nitrogens is 2. The van der Waals surface area contributed by atoms with E-state index in [0.29, 0.717) is 13.0 Å². The fourth-order valence-corrected chi connectivity index (χ4v) is 2.32. The second-order valence-electron chi connectivity index (χ2n) is 5.16. The zero-order valence-corrected chi connectivity index (χ0v) is 12.2. The lowest BCUT2D eigenvalue weighted by Crippen LogP contribution is -2.48. The highest BCUT2D eigenvalue weighted by Gasteiger charge is 2.31. The molecule has 1 atom stereocenters. The Kier molecular flexibility index (Phi) is 4.09. The number of hydrogen-bond donors (Lipinski definition) is 2. The largest absolute Gasteiger partial charge is 0.480 e. The van der Waals surface area contributed by atoms with Crippen molar-refractivity contribution in [1.82, 2.24) is 14.9 Å². The molecule has 2 aromatic rings. The summed E-state index contributed by atoms with van der Waals surface area (Å²) in [5.74, 6) is 0.164. The molecular weight excluding hydrogens is 254 g/mol. The van der Waals surface area contributed by atoms with Crippen LogP contribution in [0.3, 0.4) is 0 Å². The van der Waals surface area contributed by atoms with Gasteiger partial charge in [-0.1, -0.05) is 19.1 Å². The first-order chi connectivity index (χ1) is 9.51. The van der Waals surface area contributed by atoms with Gasteiger partial charge < -0.3 is 15.0 Å². The number of carboxylic acid groups (broad SMARTS) is 1. The third kappa shape index (κ3) is 2.54. The zero-order valence-electron chi connectivity index (χ0n) is 12.2. The van der Waals surface area contributed by atoms with Crippen LogP contribution in [0.5, 0.6) is 0 Å². The van der Waals surface area contributed by atoms with Crippen molar-refractivity contribution in [3.05, 3.63) is 30.1 Å². The maximum Gasteiger partial charge on any atom is 0.323 e. The van der Waals surface area contributed by atoms with Crippen molar-refractivity contribution < 1.29 is 9.90 Å². The SMILES string of the molecule is CCc1nc2ccccc2n1CCC(C)(NC)C(=O)O. The number of nitrogens with one attached hydrogen (secondary N) is 1. The predicted molar refractivity (Wildman–Crippen MR) is 78.8 cm³/mol. The van der Waals surface area contributed by atoms with Gasteiger partial charge in [-0.25, -0.2) is 4.98 Å². The van der Waals surface area contributed by atoms with Crippen LogP contribution in [-0.2, 0) is 17.8 Å². The Morgan fingerprint density at radius 2 is 2.15 bits per heavy atom. The summed E-state index contributed by atoms with van der Waals surface area (Å²) in [4.78, 5) is 15.9. The number of imidazole rings is 1. The van der Waals surface area contributed by atoms with Crippen LogP contribution in [0.1, 0.15) is 26.1 Å². The maximum atomic E-state index is 11.3. The molecule has 5 nitrogen and oxygen atoms in total. The fraction of sp³-hybridized carbons (Fsp3) is 0.467. The monoisotopic (exact) mass is 275 g/mol. The number of hydrogen-bond acceptors (Lipinski definition) is 3. The Morgan fingerprint density at radius 1 is 1.45 bits per heavy atom. The molecule has 2 N–H and O–H groups in total. The zero-order chi connectivity index (χ0) is 14.8. The summed E-state index contributed by atoms with van der Waals surface area (Å²) in [6.07, 6.45) is 1.34. The lowest BCUT2D eigenvalue weighted by atomic mass is 9.98. The molecule has 1 aromatic carbocycles. The molecule has 0 fully saturated rings. The molecule has 108 valence electrons. The number of nitrogens with zero attached hydrogens (tertiary/aromatic N) is 2. The normalized spacial score (nSPS) is 14.3. The summed E-state index contributed by atoms with van der Waals surface area (Å²) in [6, 6.07) is 7.96. The minimum absolute atomic E-state index is 0.506. The molecule has 1 heterocycles. The maximum absolute atomic E-state index is 11.3. The lowest BCUT2D eigenvalue weighted by Gasteiger charge is -2.24. The molecule has 2 rings (SSSR count). The van der Waals surface area contributed by atoms with E-state index in [1.807, 2.05) is 24.3 Å². The van der Waals surface area contributed by atoms with Crippen molar-refractivity contribution in [2.24, 2.45) is 0 Å². The van der Waals surface area contributed by atoms with Crippen LogP contribution in [0.15, 0.2) is 24.3 Å². The number of fused-ring (bicyclic) bond motifs is 1. The van der Waals surface area contributed by atoms with Gasteiger partial charge in [0.15, 0.2) is 0 Å². The number of likely N-dealkylation sites (N-methyl/N-ethyl adjacent to an activating group) is 1. The Morgan fingerprint density at radius 3 is 2.75 bits per heavy atom. The van der Waals surface area contributed by atoms with E-state index in [-0.39, 0.29) is 0 Å². The van der Waals surface area contributed by atoms with Crippen molar-refractivity contribution in [2.75, 3.05) is 7.05 Å². The highest BCUT2D eigenvalue weighted by molar-refractivity contribution is 5.78. The van der Waals surface area contributed by atoms with Gasteiger partial charge in [0.25, 0.3) is 0 Å². The van der Waals surface area contributed by atoms with Crippen LogP contribution in [0.2, 0.25) is 0 Å². The van der Waals surface area contributed by atoms with E-state index in [9.17, 15) is 9.90 Å². The topological polar surface area (TPSA) is 67.2 Å². The molecule has 0 aliphatic carbocycles. The van der Waals surface area contributed by atoms with E-state index >= 15 is 0 Å². The molecule has 0 bridgehead atoms. The molecule has 0 aliphatic rings. The summed E-state index contributed by atoms with van der Waals surface area (Å²) in [5, 5.41) is 12.2. The standard InChI is InChI=1S/C15H21N3O2/c1-4-13-17-11-7-5-6-8-12(11)18(13)10-9-15(2,16-3)14(19)20/h5-8,16H,4,9-10H2,1-3H3,(H,19,20). The van der Waals surface area contributed by atoms with E-state index in [2.05, 4.69) is 21.8 Å². The number of aryl methyl sites for hydroxylation is 2. The van der Waals surface area contributed by atoms with E-state index in [0.717, 1.165) is 23.3 Å². The fourth-order valence-electron chi connectivity index (χ4n) is 2.32. The van der Waals surface area contributed by atoms with Crippen LogP contribution in [0, 0.1) is 0 Å². The number of carboxylic acids is 1. The van der Waals surface area contributed by atoms with Gasteiger partial charge in [-0.2, -0.15) is 0 Å². The van der Waals surface area contributed by atoms with E-state index in [1.54, 1.807) is 14.0 Å². The molecule has 0 aliphatic heterocycles. The van der Waals surface area contributed by atoms with Gasteiger partial charge in [-0.3, -0.25) is 4.79 Å². The third-order valence-corrected chi connectivity index (χ3v) is 3.91. The number of carbonyl (C=O) groups is 1. The average molecular weight is 275 g/mol. The molecule has 1 unspecified atom stereocenters. The van der Waals surface area contributed by atoms with Gasteiger partial charge in [0.1, 0.15) is 11.4 Å². The quantitative estimate of drug-likeness (QED) is 0.846. The second-order valence-corrected chi connectivity index (χ2v) is 5.16. The van der Waals surface area contributed by atoms with Crippen LogP contribution >= 0.6 is 0 Å². The number of benzene rings is 1. The first kappa shape index (κ1) is 14.5. The summed E-state index contributed by atoms with van der Waals surface area (Å²) in [5.41, 5.74) is 1.11. The molecule has 0 spiro atoms. The first-order valence-corrected chi connectivity index (χ1v) is 6.88. The number of rotatable bonds is 6. The van der Waals surface area contributed by atoms with Crippen molar-refractivity contribution in [3.8, 4) is 0 Å². The van der Waals surface area contributed by atoms with Crippen molar-refractivity contribution >= 4 is 17.0 Å². The van der Waals surface area contributed by atoms with Gasteiger partial charge >= 0.3 is 5.97 Å². The molecule has 20 heavy (non-hydrogen) atoms. The Labute approximate surface area is 118 Å². The van der Waals surface area contributed by atoms with Gasteiger partial charge in [0, 0.05) is 13.0 Å². The smallest absolute Gasteiger partial charge is 0.323 e. The Balaban J connectivity index is 2.31. The van der Waals surface area contributed by atoms with E-state index < -0.39 is 11.5 Å². The molecule has 0 radical (unpaired) electrons. The third-order valence-electron chi connectivity index (χ3n) is 3.91. The van der Waals surface area contributed by atoms with Gasteiger partial charge in [0.2, 0.25) is 0 Å². The van der Waals surface area contributed by atoms with Crippen LogP contribution < -0.4 is 5.32 Å². The molecule has 5 heteroatoms. The number of aliphatic carboxylic acids is 1. The van der Waals surface area contributed by atoms with E-state index in [1.165, 1.54) is 0 Å². The summed E-state index contributed by atoms with van der Waals surface area (Å²) >= 11 is 0. The highest BCUT2D eigenvalue weighted by atomic mass is 16.4. The summed E-state index contributed by atoms with van der Waals surface area (Å²) in [6.45, 7) is 4.40. The average Bonchev–Trinajstić information content (AvgIpc) is 2.82. The van der Waals surface area contributed by atoms with Gasteiger partial charge in [-0.05, 0) is 32.5 Å². The summed E-state index contributed by atoms with van der Waals surface area (Å²) in [7, 11) is 1.68. The van der Waals surface area contributed by atoms with Crippen LogP contribution in [-0.4, -0.2) is 33.2 Å². The van der Waals surface area contributed by atoms with E-state index in [4.69, 9.17) is 0 Å². The predicted octanol–water partition coefficient (Wildman–Crippen LogP) is 2.05.